The van der Waals surface area contributed by atoms with Crippen molar-refractivity contribution in [2.75, 3.05) is 46.4 Å². The van der Waals surface area contributed by atoms with Gasteiger partial charge in [0.2, 0.25) is 5.91 Å². The third kappa shape index (κ3) is 5.28. The zero-order valence-corrected chi connectivity index (χ0v) is 16.2. The van der Waals surface area contributed by atoms with Crippen molar-refractivity contribution in [2.45, 2.75) is 38.3 Å². The SMILES string of the molecule is COCCNC(=O)[C@H]1CCCN(C2CCN(Cc3cnn(C)c3)CC2)C1. The number of amides is 1. The summed E-state index contributed by atoms with van der Waals surface area (Å²) in [6, 6.07) is 0.620. The van der Waals surface area contributed by atoms with Crippen LogP contribution < -0.4 is 5.32 Å². The molecular formula is C19H33N5O2. The summed E-state index contributed by atoms with van der Waals surface area (Å²) in [6.45, 7) is 6.48. The lowest BCUT2D eigenvalue weighted by Gasteiger charge is -2.42. The van der Waals surface area contributed by atoms with Crippen LogP contribution in [0.1, 0.15) is 31.2 Å². The molecule has 0 aliphatic carbocycles. The highest BCUT2D eigenvalue weighted by Crippen LogP contribution is 2.24. The van der Waals surface area contributed by atoms with E-state index in [1.54, 1.807) is 7.11 Å². The summed E-state index contributed by atoms with van der Waals surface area (Å²) in [4.78, 5) is 17.4. The molecule has 0 aromatic carbocycles. The predicted octanol–water partition coefficient (Wildman–Crippen LogP) is 0.859. The van der Waals surface area contributed by atoms with E-state index in [1.807, 2.05) is 17.9 Å². The minimum Gasteiger partial charge on any atom is -0.383 e. The summed E-state index contributed by atoms with van der Waals surface area (Å²) >= 11 is 0. The van der Waals surface area contributed by atoms with Crippen LogP contribution in [0.3, 0.4) is 0 Å². The molecule has 0 unspecified atom stereocenters. The highest BCUT2D eigenvalue weighted by Gasteiger charge is 2.31. The lowest BCUT2D eigenvalue weighted by Crippen LogP contribution is -2.50. The second-order valence-electron chi connectivity index (χ2n) is 7.65. The zero-order valence-electron chi connectivity index (χ0n) is 16.2. The molecule has 2 aliphatic heterocycles. The summed E-state index contributed by atoms with van der Waals surface area (Å²) in [5.74, 6) is 0.329. The smallest absolute Gasteiger partial charge is 0.224 e. The topological polar surface area (TPSA) is 62.6 Å². The van der Waals surface area contributed by atoms with Crippen molar-refractivity contribution in [3.63, 3.8) is 0 Å². The molecule has 7 heteroatoms. The van der Waals surface area contributed by atoms with Gasteiger partial charge in [-0.05, 0) is 45.3 Å². The summed E-state index contributed by atoms with van der Waals surface area (Å²) in [7, 11) is 3.63. The zero-order chi connectivity index (χ0) is 18.4. The van der Waals surface area contributed by atoms with Crippen LogP contribution in [0.15, 0.2) is 12.4 Å². The van der Waals surface area contributed by atoms with Crippen LogP contribution in [-0.2, 0) is 23.1 Å². The molecule has 0 saturated carbocycles. The van der Waals surface area contributed by atoms with Crippen molar-refractivity contribution in [1.29, 1.82) is 0 Å². The highest BCUT2D eigenvalue weighted by atomic mass is 16.5. The predicted molar refractivity (Wildman–Crippen MR) is 101 cm³/mol. The average molecular weight is 364 g/mol. The van der Waals surface area contributed by atoms with Crippen LogP contribution in [0, 0.1) is 5.92 Å². The van der Waals surface area contributed by atoms with Gasteiger partial charge >= 0.3 is 0 Å². The number of hydrogen-bond acceptors (Lipinski definition) is 5. The van der Waals surface area contributed by atoms with Gasteiger partial charge in [0.15, 0.2) is 0 Å². The van der Waals surface area contributed by atoms with Gasteiger partial charge in [0.05, 0.1) is 18.7 Å². The van der Waals surface area contributed by atoms with Gasteiger partial charge in [0.1, 0.15) is 0 Å². The van der Waals surface area contributed by atoms with Crippen LogP contribution in [0.4, 0.5) is 0 Å². The number of likely N-dealkylation sites (tertiary alicyclic amines) is 2. The molecule has 0 radical (unpaired) electrons. The van der Waals surface area contributed by atoms with Gasteiger partial charge in [-0.1, -0.05) is 0 Å². The quantitative estimate of drug-likeness (QED) is 0.728. The van der Waals surface area contributed by atoms with Gasteiger partial charge in [-0.15, -0.1) is 0 Å². The lowest BCUT2D eigenvalue weighted by atomic mass is 9.93. The van der Waals surface area contributed by atoms with Gasteiger partial charge in [-0.2, -0.15) is 5.10 Å². The van der Waals surface area contributed by atoms with Crippen molar-refractivity contribution in [2.24, 2.45) is 13.0 Å². The van der Waals surface area contributed by atoms with Crippen LogP contribution >= 0.6 is 0 Å². The maximum atomic E-state index is 12.3. The van der Waals surface area contributed by atoms with Crippen molar-refractivity contribution < 1.29 is 9.53 Å². The van der Waals surface area contributed by atoms with Gasteiger partial charge < -0.3 is 10.1 Å². The Kier molecular flexibility index (Phi) is 7.05. The first kappa shape index (κ1) is 19.3. The fourth-order valence-corrected chi connectivity index (χ4v) is 4.23. The Labute approximate surface area is 156 Å². The van der Waals surface area contributed by atoms with Crippen molar-refractivity contribution in [3.05, 3.63) is 18.0 Å². The average Bonchev–Trinajstić information content (AvgIpc) is 3.07. The van der Waals surface area contributed by atoms with Crippen LogP contribution in [0.5, 0.6) is 0 Å². The fourth-order valence-electron chi connectivity index (χ4n) is 4.23. The summed E-state index contributed by atoms with van der Waals surface area (Å²) in [5.41, 5.74) is 1.29. The molecule has 2 aliphatic rings. The van der Waals surface area contributed by atoms with E-state index in [1.165, 1.54) is 18.4 Å². The Morgan fingerprint density at radius 3 is 2.81 bits per heavy atom. The molecule has 1 aromatic heterocycles. The largest absolute Gasteiger partial charge is 0.383 e. The number of aryl methyl sites for hydroxylation is 1. The van der Waals surface area contributed by atoms with Crippen molar-refractivity contribution >= 4 is 5.91 Å². The number of nitrogens with one attached hydrogen (secondary N) is 1. The Hall–Kier alpha value is -1.44. The van der Waals surface area contributed by atoms with E-state index in [-0.39, 0.29) is 11.8 Å². The molecule has 0 bridgehead atoms. The number of hydrogen-bond donors (Lipinski definition) is 1. The Bertz CT molecular complexity index is 568. The molecule has 1 N–H and O–H groups in total. The van der Waals surface area contributed by atoms with Crippen LogP contribution in [0.2, 0.25) is 0 Å². The molecule has 1 atom stereocenters. The molecule has 0 spiro atoms. The number of nitrogens with zero attached hydrogens (tertiary/aromatic N) is 4. The summed E-state index contributed by atoms with van der Waals surface area (Å²) in [6.07, 6.45) is 8.58. The molecule has 2 fully saturated rings. The van der Waals surface area contributed by atoms with Gasteiger partial charge in [0.25, 0.3) is 0 Å². The Balaban J connectivity index is 1.42. The van der Waals surface area contributed by atoms with E-state index < -0.39 is 0 Å². The van der Waals surface area contributed by atoms with E-state index in [9.17, 15) is 4.79 Å². The van der Waals surface area contributed by atoms with Crippen LogP contribution in [-0.4, -0.2) is 78.0 Å². The van der Waals surface area contributed by atoms with Gasteiger partial charge in [-0.25, -0.2) is 0 Å². The van der Waals surface area contributed by atoms with Crippen LogP contribution in [0.25, 0.3) is 0 Å². The van der Waals surface area contributed by atoms with Crippen molar-refractivity contribution in [3.8, 4) is 0 Å². The number of aromatic nitrogens is 2. The monoisotopic (exact) mass is 363 g/mol. The minimum absolute atomic E-state index is 0.133. The van der Waals surface area contributed by atoms with Crippen molar-refractivity contribution in [1.82, 2.24) is 24.9 Å². The van der Waals surface area contributed by atoms with E-state index in [4.69, 9.17) is 4.74 Å². The number of carbonyl (C=O) groups is 1. The fraction of sp³-hybridized carbons (Fsp3) is 0.789. The molecule has 146 valence electrons. The first-order valence-electron chi connectivity index (χ1n) is 9.86. The van der Waals surface area contributed by atoms with E-state index >= 15 is 0 Å². The standard InChI is InChI=1S/C19H33N5O2/c1-22-13-16(12-21-22)14-23-9-5-18(6-10-23)24-8-3-4-17(15-24)19(25)20-7-11-26-2/h12-13,17-18H,3-11,14-15H2,1-2H3,(H,20,25)/t17-/m0/s1. The minimum atomic E-state index is 0.133. The first-order valence-corrected chi connectivity index (χ1v) is 9.86. The molecule has 3 heterocycles. The second-order valence-corrected chi connectivity index (χ2v) is 7.65. The molecule has 3 rings (SSSR count). The molecule has 7 nitrogen and oxygen atoms in total. The number of rotatable bonds is 7. The summed E-state index contributed by atoms with van der Waals surface area (Å²) < 4.78 is 6.88. The third-order valence-corrected chi connectivity index (χ3v) is 5.67. The first-order chi connectivity index (χ1) is 12.7. The van der Waals surface area contributed by atoms with E-state index in [2.05, 4.69) is 26.4 Å². The molecule has 1 aromatic rings. The molecule has 2 saturated heterocycles. The van der Waals surface area contributed by atoms with Gasteiger partial charge in [0, 0.05) is 51.6 Å². The number of carbonyl (C=O) groups excluding carboxylic acids is 1. The number of piperidine rings is 2. The molecule has 1 amide bonds. The van der Waals surface area contributed by atoms with E-state index in [0.717, 1.165) is 45.6 Å². The summed E-state index contributed by atoms with van der Waals surface area (Å²) in [5, 5.41) is 7.26. The maximum Gasteiger partial charge on any atom is 0.224 e. The normalized spacial score (nSPS) is 23.2. The number of methoxy groups -OCH3 is 1. The third-order valence-electron chi connectivity index (χ3n) is 5.67. The lowest BCUT2D eigenvalue weighted by molar-refractivity contribution is -0.127. The highest BCUT2D eigenvalue weighted by molar-refractivity contribution is 5.78. The second kappa shape index (κ2) is 9.48. The Morgan fingerprint density at radius 1 is 1.31 bits per heavy atom. The van der Waals surface area contributed by atoms with E-state index in [0.29, 0.717) is 19.2 Å². The number of ether oxygens (including phenoxy) is 1. The molecule has 26 heavy (non-hydrogen) atoms. The molecular weight excluding hydrogens is 330 g/mol. The maximum absolute atomic E-state index is 12.3. The Morgan fingerprint density at radius 2 is 2.12 bits per heavy atom. The van der Waals surface area contributed by atoms with Gasteiger partial charge in [-0.3, -0.25) is 19.3 Å².